The summed E-state index contributed by atoms with van der Waals surface area (Å²) >= 11 is 0. The van der Waals surface area contributed by atoms with Crippen LogP contribution in [0.5, 0.6) is 0 Å². The molecule has 0 saturated carbocycles. The average molecular weight is 452 g/mol. The van der Waals surface area contributed by atoms with Crippen molar-refractivity contribution in [2.75, 3.05) is 19.8 Å². The van der Waals surface area contributed by atoms with Crippen molar-refractivity contribution in [1.29, 1.82) is 0 Å². The Labute approximate surface area is 184 Å². The molecule has 2 saturated heterocycles. The Morgan fingerprint density at radius 1 is 1.03 bits per heavy atom. The molecule has 9 unspecified atom stereocenters. The quantitative estimate of drug-likeness (QED) is 0.266. The van der Waals surface area contributed by atoms with Gasteiger partial charge in [0.15, 0.2) is 12.6 Å². The number of benzene rings is 1. The molecular weight excluding hydrogens is 424 g/mol. The number of carbonyl (C=O) groups is 1. The molecule has 5 N–H and O–H groups in total. The Kier molecular flexibility index (Phi) is 7.23. The molecule has 32 heavy (non-hydrogen) atoms. The molecule has 4 rings (SSSR count). The highest BCUT2D eigenvalue weighted by Crippen LogP contribution is 2.42. The Morgan fingerprint density at radius 3 is 2.50 bits per heavy atom. The summed E-state index contributed by atoms with van der Waals surface area (Å²) in [6.07, 6.45) is -6.74. The number of fused-ring (bicyclic) bond motifs is 1. The highest BCUT2D eigenvalue weighted by atomic mass is 16.8. The number of aliphatic hydroxyl groups is 5. The van der Waals surface area contributed by atoms with Crippen molar-refractivity contribution in [3.8, 4) is 0 Å². The Bertz CT molecular complexity index is 812. The standard InChI is InChI=1S/C22H28O10/c23-9-15-17(25)18(26)19(27)22(31-15)32-21-16-12(8-14(24)13(16)6-7-29-21)10-30-20(28)11-4-2-1-3-5-11/h1-5,8,13-19,21-27H,6-7,9-10H2. The lowest BCUT2D eigenvalue weighted by molar-refractivity contribution is -0.350. The summed E-state index contributed by atoms with van der Waals surface area (Å²) in [6.45, 7) is -0.378. The number of carbonyl (C=O) groups excluding carboxylic acids is 1. The third-order valence-corrected chi connectivity index (χ3v) is 6.24. The molecule has 1 aromatic carbocycles. The van der Waals surface area contributed by atoms with E-state index in [-0.39, 0.29) is 19.1 Å². The van der Waals surface area contributed by atoms with E-state index < -0.39 is 61.6 Å². The minimum atomic E-state index is -1.58. The fourth-order valence-electron chi connectivity index (χ4n) is 4.48. The molecule has 2 heterocycles. The first-order chi connectivity index (χ1) is 15.4. The van der Waals surface area contributed by atoms with Gasteiger partial charge < -0.3 is 44.5 Å². The molecule has 176 valence electrons. The van der Waals surface area contributed by atoms with Crippen molar-refractivity contribution in [3.63, 3.8) is 0 Å². The van der Waals surface area contributed by atoms with Gasteiger partial charge in [0.2, 0.25) is 0 Å². The van der Waals surface area contributed by atoms with Crippen LogP contribution in [-0.4, -0.2) is 94.4 Å². The maximum Gasteiger partial charge on any atom is 0.338 e. The Balaban J connectivity index is 1.45. The molecule has 1 aliphatic carbocycles. The van der Waals surface area contributed by atoms with Crippen LogP contribution in [0.3, 0.4) is 0 Å². The van der Waals surface area contributed by atoms with Gasteiger partial charge in [0.1, 0.15) is 31.0 Å². The summed E-state index contributed by atoms with van der Waals surface area (Å²) in [4.78, 5) is 12.3. The summed E-state index contributed by atoms with van der Waals surface area (Å²) in [5.74, 6) is -1.23. The first-order valence-electron chi connectivity index (χ1n) is 10.6. The Morgan fingerprint density at radius 2 is 1.78 bits per heavy atom. The normalized spacial score (nSPS) is 39.3. The fraction of sp³-hybridized carbons (Fsp3) is 0.591. The van der Waals surface area contributed by atoms with Crippen LogP contribution in [0.4, 0.5) is 0 Å². The van der Waals surface area contributed by atoms with Crippen molar-refractivity contribution >= 4 is 5.97 Å². The third kappa shape index (κ3) is 4.59. The van der Waals surface area contributed by atoms with Gasteiger partial charge in [-0.15, -0.1) is 0 Å². The summed E-state index contributed by atoms with van der Waals surface area (Å²) in [6, 6.07) is 8.52. The van der Waals surface area contributed by atoms with Crippen LogP contribution in [0.25, 0.3) is 0 Å². The highest BCUT2D eigenvalue weighted by molar-refractivity contribution is 5.89. The first kappa shape index (κ1) is 23.3. The topological polar surface area (TPSA) is 155 Å². The van der Waals surface area contributed by atoms with Gasteiger partial charge in [-0.2, -0.15) is 0 Å². The molecule has 1 aromatic rings. The summed E-state index contributed by atoms with van der Waals surface area (Å²) in [5, 5.41) is 50.1. The van der Waals surface area contributed by atoms with Crippen LogP contribution in [0, 0.1) is 11.8 Å². The van der Waals surface area contributed by atoms with Crippen molar-refractivity contribution in [3.05, 3.63) is 47.5 Å². The first-order valence-corrected chi connectivity index (χ1v) is 10.6. The molecule has 0 bridgehead atoms. The average Bonchev–Trinajstić information content (AvgIpc) is 3.14. The number of ether oxygens (including phenoxy) is 4. The number of esters is 1. The lowest BCUT2D eigenvalue weighted by Crippen LogP contribution is -2.60. The number of hydrogen-bond acceptors (Lipinski definition) is 10. The van der Waals surface area contributed by atoms with E-state index in [0.29, 0.717) is 17.6 Å². The predicted molar refractivity (Wildman–Crippen MR) is 107 cm³/mol. The van der Waals surface area contributed by atoms with Crippen LogP contribution in [0.2, 0.25) is 0 Å². The Hall–Kier alpha value is -1.89. The highest BCUT2D eigenvalue weighted by Gasteiger charge is 2.49. The largest absolute Gasteiger partial charge is 0.458 e. The predicted octanol–water partition coefficient (Wildman–Crippen LogP) is -1.06. The number of hydrogen-bond donors (Lipinski definition) is 5. The van der Waals surface area contributed by atoms with Gasteiger partial charge in [0.25, 0.3) is 0 Å². The van der Waals surface area contributed by atoms with E-state index in [0.717, 1.165) is 0 Å². The summed E-state index contributed by atoms with van der Waals surface area (Å²) < 4.78 is 22.4. The van der Waals surface area contributed by atoms with Gasteiger partial charge in [-0.05, 0) is 24.1 Å². The fourth-order valence-corrected chi connectivity index (χ4v) is 4.48. The van der Waals surface area contributed by atoms with Gasteiger partial charge in [0, 0.05) is 11.8 Å². The molecule has 0 spiro atoms. The lowest BCUT2D eigenvalue weighted by Gasteiger charge is -2.43. The van der Waals surface area contributed by atoms with Crippen LogP contribution in [0.1, 0.15) is 16.8 Å². The second kappa shape index (κ2) is 9.94. The van der Waals surface area contributed by atoms with Crippen molar-refractivity contribution in [1.82, 2.24) is 0 Å². The van der Waals surface area contributed by atoms with E-state index in [4.69, 9.17) is 18.9 Å². The lowest BCUT2D eigenvalue weighted by atomic mass is 9.85. The molecule has 2 fully saturated rings. The van der Waals surface area contributed by atoms with Gasteiger partial charge in [-0.1, -0.05) is 24.3 Å². The van der Waals surface area contributed by atoms with E-state index in [1.165, 1.54) is 0 Å². The van der Waals surface area contributed by atoms with Crippen LogP contribution in [-0.2, 0) is 18.9 Å². The van der Waals surface area contributed by atoms with E-state index in [1.54, 1.807) is 36.4 Å². The van der Waals surface area contributed by atoms with Crippen molar-refractivity contribution in [2.24, 2.45) is 11.8 Å². The van der Waals surface area contributed by atoms with Gasteiger partial charge in [0.05, 0.1) is 24.9 Å². The monoisotopic (exact) mass is 452 g/mol. The minimum absolute atomic E-state index is 0.0795. The van der Waals surface area contributed by atoms with E-state index in [2.05, 4.69) is 0 Å². The molecule has 0 radical (unpaired) electrons. The van der Waals surface area contributed by atoms with E-state index >= 15 is 0 Å². The minimum Gasteiger partial charge on any atom is -0.458 e. The van der Waals surface area contributed by atoms with Gasteiger partial charge >= 0.3 is 5.97 Å². The van der Waals surface area contributed by atoms with Crippen molar-refractivity contribution < 1.29 is 49.3 Å². The molecule has 0 amide bonds. The second-order valence-corrected chi connectivity index (χ2v) is 8.23. The zero-order valence-electron chi connectivity index (χ0n) is 17.3. The maximum absolute atomic E-state index is 12.3. The molecule has 10 nitrogen and oxygen atoms in total. The van der Waals surface area contributed by atoms with Crippen LogP contribution >= 0.6 is 0 Å². The molecular formula is C22H28O10. The maximum atomic E-state index is 12.3. The van der Waals surface area contributed by atoms with E-state index in [1.807, 2.05) is 0 Å². The molecule has 0 aromatic heterocycles. The van der Waals surface area contributed by atoms with Gasteiger partial charge in [-0.3, -0.25) is 0 Å². The number of rotatable bonds is 6. The van der Waals surface area contributed by atoms with Crippen LogP contribution < -0.4 is 0 Å². The second-order valence-electron chi connectivity index (χ2n) is 8.23. The zero-order chi connectivity index (χ0) is 22.8. The molecule has 9 atom stereocenters. The third-order valence-electron chi connectivity index (χ3n) is 6.24. The zero-order valence-corrected chi connectivity index (χ0v) is 17.3. The van der Waals surface area contributed by atoms with Crippen LogP contribution in [0.15, 0.2) is 42.0 Å². The smallest absolute Gasteiger partial charge is 0.338 e. The van der Waals surface area contributed by atoms with Crippen molar-refractivity contribution in [2.45, 2.75) is 49.5 Å². The molecule has 3 aliphatic rings. The SMILES string of the molecule is O=C(OCC1=CC(O)C2CCOC(OC3OC(CO)C(O)C(O)C3O)C12)c1ccccc1. The summed E-state index contributed by atoms with van der Waals surface area (Å²) in [5.41, 5.74) is 1.01. The number of aliphatic hydroxyl groups excluding tert-OH is 5. The molecule has 2 aliphatic heterocycles. The van der Waals surface area contributed by atoms with Gasteiger partial charge in [-0.25, -0.2) is 4.79 Å². The summed E-state index contributed by atoms with van der Waals surface area (Å²) in [7, 11) is 0. The van der Waals surface area contributed by atoms with E-state index in [9.17, 15) is 30.3 Å². The molecule has 10 heteroatoms.